The molecule has 0 amide bonds. The van der Waals surface area contributed by atoms with Gasteiger partial charge in [0.05, 0.1) is 0 Å². The van der Waals surface area contributed by atoms with Crippen LogP contribution in [0.15, 0.2) is 15.9 Å². The van der Waals surface area contributed by atoms with Crippen LogP contribution in [0.25, 0.3) is 0 Å². The van der Waals surface area contributed by atoms with Crippen LogP contribution in [0.1, 0.15) is 11.8 Å². The normalized spacial score (nSPS) is 13.5. The third kappa shape index (κ3) is 4.09. The zero-order valence-electron chi connectivity index (χ0n) is 8.53. The molecule has 0 aliphatic rings. The molecular formula is C10H16BrNOS. The molecule has 0 aliphatic carbocycles. The molecule has 0 aliphatic heterocycles. The highest BCUT2D eigenvalue weighted by molar-refractivity contribution is 9.10. The monoisotopic (exact) mass is 277 g/mol. The molecule has 14 heavy (non-hydrogen) atoms. The van der Waals surface area contributed by atoms with Gasteiger partial charge in [-0.05, 0) is 35.0 Å². The quantitative estimate of drug-likeness (QED) is 0.894. The van der Waals surface area contributed by atoms with Gasteiger partial charge in [-0.3, -0.25) is 0 Å². The largest absolute Gasteiger partial charge is 0.396 e. The smallest absolute Gasteiger partial charge is 0.0468 e. The van der Waals surface area contributed by atoms with Crippen molar-refractivity contribution in [2.75, 3.05) is 20.2 Å². The molecule has 1 rings (SSSR count). The molecule has 1 heterocycles. The first-order valence-electron chi connectivity index (χ1n) is 4.64. The molecule has 0 fully saturated rings. The van der Waals surface area contributed by atoms with E-state index in [0.717, 1.165) is 17.6 Å². The fraction of sp³-hybridized carbons (Fsp3) is 0.600. The molecule has 1 aromatic heterocycles. The van der Waals surface area contributed by atoms with Gasteiger partial charge >= 0.3 is 0 Å². The van der Waals surface area contributed by atoms with E-state index in [9.17, 15) is 0 Å². The second kappa shape index (κ2) is 5.85. The van der Waals surface area contributed by atoms with Gasteiger partial charge < -0.3 is 10.0 Å². The lowest BCUT2D eigenvalue weighted by Crippen LogP contribution is -2.25. The Morgan fingerprint density at radius 2 is 2.36 bits per heavy atom. The Morgan fingerprint density at radius 1 is 1.64 bits per heavy atom. The summed E-state index contributed by atoms with van der Waals surface area (Å²) < 4.78 is 1.15. The van der Waals surface area contributed by atoms with Crippen LogP contribution in [0, 0.1) is 5.92 Å². The minimum absolute atomic E-state index is 0.262. The molecule has 1 aromatic rings. The Bertz CT molecular complexity index is 277. The maximum absolute atomic E-state index is 8.92. The SMILES string of the molecule is CC(CO)CN(C)Cc1cc(Br)cs1. The second-order valence-electron chi connectivity index (χ2n) is 3.72. The van der Waals surface area contributed by atoms with Crippen LogP contribution in [0.2, 0.25) is 0 Å². The molecule has 4 heteroatoms. The van der Waals surface area contributed by atoms with Gasteiger partial charge in [0.1, 0.15) is 0 Å². The predicted molar refractivity (Wildman–Crippen MR) is 64.6 cm³/mol. The molecule has 0 bridgehead atoms. The molecule has 0 saturated carbocycles. The summed E-state index contributed by atoms with van der Waals surface area (Å²) in [5, 5.41) is 11.0. The minimum atomic E-state index is 0.262. The summed E-state index contributed by atoms with van der Waals surface area (Å²) in [7, 11) is 2.08. The molecule has 0 spiro atoms. The van der Waals surface area contributed by atoms with E-state index in [1.165, 1.54) is 4.88 Å². The third-order valence-electron chi connectivity index (χ3n) is 1.98. The number of rotatable bonds is 5. The maximum Gasteiger partial charge on any atom is 0.0468 e. The number of halogens is 1. The molecule has 1 unspecified atom stereocenters. The number of aliphatic hydroxyl groups is 1. The van der Waals surface area contributed by atoms with Crippen LogP contribution in [-0.4, -0.2) is 30.2 Å². The molecule has 1 N–H and O–H groups in total. The van der Waals surface area contributed by atoms with E-state index in [0.29, 0.717) is 5.92 Å². The van der Waals surface area contributed by atoms with Gasteiger partial charge in [0, 0.05) is 34.4 Å². The van der Waals surface area contributed by atoms with E-state index in [2.05, 4.69) is 46.2 Å². The minimum Gasteiger partial charge on any atom is -0.396 e. The van der Waals surface area contributed by atoms with E-state index in [4.69, 9.17) is 5.11 Å². The molecule has 80 valence electrons. The van der Waals surface area contributed by atoms with Crippen molar-refractivity contribution in [1.29, 1.82) is 0 Å². The number of hydrogen-bond acceptors (Lipinski definition) is 3. The molecule has 0 radical (unpaired) electrons. The van der Waals surface area contributed by atoms with Crippen molar-refractivity contribution in [2.24, 2.45) is 5.92 Å². The van der Waals surface area contributed by atoms with Crippen LogP contribution < -0.4 is 0 Å². The first kappa shape index (κ1) is 12.2. The van der Waals surface area contributed by atoms with Crippen LogP contribution in [-0.2, 0) is 6.54 Å². The number of aliphatic hydroxyl groups excluding tert-OH is 1. The average molecular weight is 278 g/mol. The van der Waals surface area contributed by atoms with Crippen molar-refractivity contribution in [3.05, 3.63) is 20.8 Å². The maximum atomic E-state index is 8.92. The lowest BCUT2D eigenvalue weighted by molar-refractivity contribution is 0.188. The highest BCUT2D eigenvalue weighted by Crippen LogP contribution is 2.20. The Kier molecular flexibility index (Phi) is 5.09. The lowest BCUT2D eigenvalue weighted by atomic mass is 10.2. The number of hydrogen-bond donors (Lipinski definition) is 1. The molecule has 1 atom stereocenters. The van der Waals surface area contributed by atoms with Gasteiger partial charge in [0.2, 0.25) is 0 Å². The fourth-order valence-electron chi connectivity index (χ4n) is 1.36. The van der Waals surface area contributed by atoms with Gasteiger partial charge in [-0.2, -0.15) is 0 Å². The summed E-state index contributed by atoms with van der Waals surface area (Å²) in [6, 6.07) is 2.14. The molecular weight excluding hydrogens is 262 g/mol. The highest BCUT2D eigenvalue weighted by atomic mass is 79.9. The van der Waals surface area contributed by atoms with Crippen molar-refractivity contribution in [1.82, 2.24) is 4.90 Å². The van der Waals surface area contributed by atoms with E-state index in [1.807, 2.05) is 0 Å². The zero-order valence-corrected chi connectivity index (χ0v) is 10.9. The fourth-order valence-corrected chi connectivity index (χ4v) is 2.89. The summed E-state index contributed by atoms with van der Waals surface area (Å²) in [4.78, 5) is 3.59. The first-order chi connectivity index (χ1) is 6.61. The van der Waals surface area contributed by atoms with Gasteiger partial charge in [0.15, 0.2) is 0 Å². The first-order valence-corrected chi connectivity index (χ1v) is 6.31. The van der Waals surface area contributed by atoms with E-state index >= 15 is 0 Å². The molecule has 0 aromatic carbocycles. The Morgan fingerprint density at radius 3 is 2.86 bits per heavy atom. The van der Waals surface area contributed by atoms with E-state index in [-0.39, 0.29) is 6.61 Å². The average Bonchev–Trinajstić information content (AvgIpc) is 2.50. The van der Waals surface area contributed by atoms with E-state index < -0.39 is 0 Å². The van der Waals surface area contributed by atoms with Gasteiger partial charge in [-0.15, -0.1) is 11.3 Å². The van der Waals surface area contributed by atoms with Crippen molar-refractivity contribution in [3.8, 4) is 0 Å². The van der Waals surface area contributed by atoms with E-state index in [1.54, 1.807) is 11.3 Å². The summed E-state index contributed by atoms with van der Waals surface area (Å²) in [6.07, 6.45) is 0. The van der Waals surface area contributed by atoms with Crippen LogP contribution in [0.3, 0.4) is 0 Å². The highest BCUT2D eigenvalue weighted by Gasteiger charge is 2.06. The van der Waals surface area contributed by atoms with Crippen LogP contribution in [0.5, 0.6) is 0 Å². The summed E-state index contributed by atoms with van der Waals surface area (Å²) >= 11 is 5.20. The van der Waals surface area contributed by atoms with Crippen LogP contribution >= 0.6 is 27.3 Å². The molecule has 0 saturated heterocycles. The summed E-state index contributed by atoms with van der Waals surface area (Å²) in [5.74, 6) is 0.350. The van der Waals surface area contributed by atoms with Gasteiger partial charge in [-0.25, -0.2) is 0 Å². The van der Waals surface area contributed by atoms with Gasteiger partial charge in [-0.1, -0.05) is 6.92 Å². The van der Waals surface area contributed by atoms with Crippen molar-refractivity contribution in [2.45, 2.75) is 13.5 Å². The summed E-state index contributed by atoms with van der Waals surface area (Å²) in [5.41, 5.74) is 0. The molecule has 2 nitrogen and oxygen atoms in total. The van der Waals surface area contributed by atoms with Gasteiger partial charge in [0.25, 0.3) is 0 Å². The predicted octanol–water partition coefficient (Wildman–Crippen LogP) is 2.57. The zero-order chi connectivity index (χ0) is 10.6. The van der Waals surface area contributed by atoms with Crippen molar-refractivity contribution >= 4 is 27.3 Å². The Labute approximate surface area is 97.7 Å². The second-order valence-corrected chi connectivity index (χ2v) is 5.63. The number of nitrogens with zero attached hydrogens (tertiary/aromatic N) is 1. The standard InChI is InChI=1S/C10H16BrNOS/c1-8(6-13)4-12(2)5-10-3-9(11)7-14-10/h3,7-8,13H,4-6H2,1-2H3. The Balaban J connectivity index is 2.37. The summed E-state index contributed by atoms with van der Waals surface area (Å²) in [6.45, 7) is 4.21. The Hall–Kier alpha value is 0.1000. The van der Waals surface area contributed by atoms with Crippen molar-refractivity contribution < 1.29 is 5.11 Å². The third-order valence-corrected chi connectivity index (χ3v) is 3.66. The topological polar surface area (TPSA) is 23.5 Å². The van der Waals surface area contributed by atoms with Crippen LogP contribution in [0.4, 0.5) is 0 Å². The lowest BCUT2D eigenvalue weighted by Gasteiger charge is -2.18. The number of thiophene rings is 1. The van der Waals surface area contributed by atoms with Crippen molar-refractivity contribution in [3.63, 3.8) is 0 Å².